The van der Waals surface area contributed by atoms with E-state index in [0.717, 1.165) is 21.7 Å². The average Bonchev–Trinajstić information content (AvgIpc) is 3.35. The van der Waals surface area contributed by atoms with Crippen LogP contribution >= 0.6 is 11.3 Å². The number of rotatable bonds is 6. The second-order valence-electron chi connectivity index (χ2n) is 9.58. The van der Waals surface area contributed by atoms with E-state index in [1.165, 1.54) is 11.8 Å². The van der Waals surface area contributed by atoms with Crippen LogP contribution in [-0.2, 0) is 20.9 Å². The number of aliphatic hydroxyl groups is 1. The third-order valence-corrected chi connectivity index (χ3v) is 6.73. The molecular formula is C24H32N4O4S. The largest absolute Gasteiger partial charge is 0.391 e. The second kappa shape index (κ2) is 10.0. The maximum absolute atomic E-state index is 13.3. The zero-order valence-electron chi connectivity index (χ0n) is 19.7. The van der Waals surface area contributed by atoms with Crippen LogP contribution in [0.2, 0.25) is 0 Å². The lowest BCUT2D eigenvalue weighted by Gasteiger charge is -2.35. The Kier molecular flexibility index (Phi) is 7.54. The summed E-state index contributed by atoms with van der Waals surface area (Å²) in [6.45, 7) is 9.26. The van der Waals surface area contributed by atoms with Crippen molar-refractivity contribution in [2.45, 2.75) is 65.8 Å². The number of carbonyl (C=O) groups excluding carboxylic acids is 3. The van der Waals surface area contributed by atoms with Gasteiger partial charge in [0.15, 0.2) is 0 Å². The molecule has 0 saturated carbocycles. The molecule has 3 rings (SSSR count). The molecule has 0 bridgehead atoms. The molecule has 1 aliphatic heterocycles. The number of aromatic nitrogens is 1. The molecule has 1 aromatic heterocycles. The lowest BCUT2D eigenvalue weighted by molar-refractivity contribution is -0.143. The van der Waals surface area contributed by atoms with Gasteiger partial charge in [-0.15, -0.1) is 11.3 Å². The summed E-state index contributed by atoms with van der Waals surface area (Å²) in [6.07, 6.45) is -0.623. The fourth-order valence-corrected chi connectivity index (χ4v) is 4.80. The number of thiazole rings is 1. The average molecular weight is 473 g/mol. The first-order chi connectivity index (χ1) is 15.5. The van der Waals surface area contributed by atoms with Crippen molar-refractivity contribution in [3.8, 4) is 10.4 Å². The molecular weight excluding hydrogens is 440 g/mol. The van der Waals surface area contributed by atoms with E-state index in [-0.39, 0.29) is 30.7 Å². The van der Waals surface area contributed by atoms with Crippen molar-refractivity contribution in [1.29, 1.82) is 0 Å². The fraction of sp³-hybridized carbons (Fsp3) is 0.500. The Morgan fingerprint density at radius 1 is 1.24 bits per heavy atom. The summed E-state index contributed by atoms with van der Waals surface area (Å²) in [7, 11) is 0. The highest BCUT2D eigenvalue weighted by Crippen LogP contribution is 2.28. The van der Waals surface area contributed by atoms with Crippen LogP contribution in [-0.4, -0.2) is 57.4 Å². The molecule has 2 aromatic rings. The van der Waals surface area contributed by atoms with E-state index >= 15 is 0 Å². The van der Waals surface area contributed by atoms with E-state index in [1.54, 1.807) is 11.3 Å². The number of likely N-dealkylation sites (tertiary alicyclic amines) is 1. The summed E-state index contributed by atoms with van der Waals surface area (Å²) in [5, 5.41) is 15.8. The zero-order chi connectivity index (χ0) is 24.3. The Morgan fingerprint density at radius 2 is 1.91 bits per heavy atom. The highest BCUT2D eigenvalue weighted by Gasteiger charge is 2.44. The van der Waals surface area contributed by atoms with E-state index in [0.29, 0.717) is 6.54 Å². The van der Waals surface area contributed by atoms with Crippen LogP contribution in [0.1, 0.15) is 45.4 Å². The molecule has 1 saturated heterocycles. The van der Waals surface area contributed by atoms with Crippen LogP contribution in [0.25, 0.3) is 10.4 Å². The molecule has 178 valence electrons. The SMILES string of the molecule is CC(=O)N[C@H](C(=O)N1C[C@@H](O)CC1C(=O)NCc1ccc(-c2scnc2C)cc1)C(C)(C)C. The van der Waals surface area contributed by atoms with Crippen LogP contribution < -0.4 is 10.6 Å². The molecule has 0 spiro atoms. The zero-order valence-corrected chi connectivity index (χ0v) is 20.5. The van der Waals surface area contributed by atoms with Crippen molar-refractivity contribution in [2.75, 3.05) is 6.54 Å². The van der Waals surface area contributed by atoms with E-state index in [4.69, 9.17) is 0 Å². The first-order valence-electron chi connectivity index (χ1n) is 11.0. The molecule has 3 atom stereocenters. The monoisotopic (exact) mass is 472 g/mol. The van der Waals surface area contributed by atoms with Gasteiger partial charge in [0.1, 0.15) is 12.1 Å². The minimum atomic E-state index is -0.793. The molecule has 9 heteroatoms. The Hall–Kier alpha value is -2.78. The van der Waals surface area contributed by atoms with Gasteiger partial charge in [0, 0.05) is 26.4 Å². The Morgan fingerprint density at radius 3 is 2.45 bits per heavy atom. The smallest absolute Gasteiger partial charge is 0.246 e. The Balaban J connectivity index is 1.67. The van der Waals surface area contributed by atoms with Gasteiger partial charge in [-0.1, -0.05) is 45.0 Å². The summed E-state index contributed by atoms with van der Waals surface area (Å²) < 4.78 is 0. The molecule has 33 heavy (non-hydrogen) atoms. The van der Waals surface area contributed by atoms with E-state index in [9.17, 15) is 19.5 Å². The van der Waals surface area contributed by atoms with Crippen molar-refractivity contribution in [2.24, 2.45) is 5.41 Å². The van der Waals surface area contributed by atoms with Gasteiger partial charge >= 0.3 is 0 Å². The third-order valence-electron chi connectivity index (χ3n) is 5.75. The third kappa shape index (κ3) is 5.97. The molecule has 2 heterocycles. The molecule has 3 N–H and O–H groups in total. The minimum Gasteiger partial charge on any atom is -0.391 e. The molecule has 1 aliphatic rings. The molecule has 0 aliphatic carbocycles. The predicted molar refractivity (Wildman–Crippen MR) is 127 cm³/mol. The van der Waals surface area contributed by atoms with Crippen LogP contribution in [0.15, 0.2) is 29.8 Å². The predicted octanol–water partition coefficient (Wildman–Crippen LogP) is 2.25. The van der Waals surface area contributed by atoms with Gasteiger partial charge in [-0.3, -0.25) is 14.4 Å². The molecule has 0 radical (unpaired) electrons. The van der Waals surface area contributed by atoms with Gasteiger partial charge in [-0.05, 0) is 23.5 Å². The number of nitrogens with one attached hydrogen (secondary N) is 2. The topological polar surface area (TPSA) is 112 Å². The van der Waals surface area contributed by atoms with Crippen LogP contribution in [0.5, 0.6) is 0 Å². The number of amides is 3. The molecule has 3 amide bonds. The minimum absolute atomic E-state index is 0.0615. The summed E-state index contributed by atoms with van der Waals surface area (Å²) in [5.41, 5.74) is 4.26. The maximum atomic E-state index is 13.3. The van der Waals surface area contributed by atoms with Gasteiger partial charge in [0.2, 0.25) is 17.7 Å². The van der Waals surface area contributed by atoms with E-state index < -0.39 is 23.6 Å². The molecule has 1 fully saturated rings. The van der Waals surface area contributed by atoms with Crippen LogP contribution in [0.4, 0.5) is 0 Å². The second-order valence-corrected chi connectivity index (χ2v) is 10.4. The standard InChI is InChI=1S/C24H32N4O4S/c1-14-20(33-13-26-14)17-8-6-16(7-9-17)11-25-22(31)19-10-18(30)12-28(19)23(32)21(24(3,4)5)27-15(2)29/h6-9,13,18-19,21,30H,10-12H2,1-5H3,(H,25,31)(H,27,29)/t18-,19?,21+/m0/s1. The van der Waals surface area contributed by atoms with Gasteiger partial charge in [0.05, 0.1) is 22.2 Å². The van der Waals surface area contributed by atoms with Crippen molar-refractivity contribution in [1.82, 2.24) is 20.5 Å². The number of aliphatic hydroxyl groups excluding tert-OH is 1. The Bertz CT molecular complexity index is 1010. The van der Waals surface area contributed by atoms with Crippen molar-refractivity contribution >= 4 is 29.1 Å². The Labute approximate surface area is 198 Å². The van der Waals surface area contributed by atoms with Gasteiger partial charge in [-0.2, -0.15) is 0 Å². The van der Waals surface area contributed by atoms with Gasteiger partial charge < -0.3 is 20.6 Å². The molecule has 1 aromatic carbocycles. The number of hydrogen-bond donors (Lipinski definition) is 3. The first-order valence-corrected chi connectivity index (χ1v) is 11.9. The highest BCUT2D eigenvalue weighted by molar-refractivity contribution is 7.13. The van der Waals surface area contributed by atoms with Crippen molar-refractivity contribution < 1.29 is 19.5 Å². The summed E-state index contributed by atoms with van der Waals surface area (Å²) in [5.74, 6) is -1.00. The highest BCUT2D eigenvalue weighted by atomic mass is 32.1. The molecule has 1 unspecified atom stereocenters. The molecule has 8 nitrogen and oxygen atoms in total. The lowest BCUT2D eigenvalue weighted by atomic mass is 9.85. The van der Waals surface area contributed by atoms with E-state index in [2.05, 4.69) is 15.6 Å². The van der Waals surface area contributed by atoms with Crippen LogP contribution in [0.3, 0.4) is 0 Å². The van der Waals surface area contributed by atoms with Crippen LogP contribution in [0, 0.1) is 12.3 Å². The number of nitrogens with zero attached hydrogens (tertiary/aromatic N) is 2. The quantitative estimate of drug-likeness (QED) is 0.597. The number of benzene rings is 1. The first kappa shape index (κ1) is 24.9. The summed E-state index contributed by atoms with van der Waals surface area (Å²) in [4.78, 5) is 44.7. The van der Waals surface area contributed by atoms with E-state index in [1.807, 2.05) is 57.5 Å². The normalized spacial score (nSPS) is 19.3. The van der Waals surface area contributed by atoms with Gasteiger partial charge in [-0.25, -0.2) is 4.98 Å². The van der Waals surface area contributed by atoms with Crippen molar-refractivity contribution in [3.63, 3.8) is 0 Å². The number of carbonyl (C=O) groups is 3. The summed E-state index contributed by atoms with van der Waals surface area (Å²) >= 11 is 1.59. The maximum Gasteiger partial charge on any atom is 0.246 e. The lowest BCUT2D eigenvalue weighted by Crippen LogP contribution is -2.57. The summed E-state index contributed by atoms with van der Waals surface area (Å²) in [6, 6.07) is 6.32. The fourth-order valence-electron chi connectivity index (χ4n) is 3.98. The number of aryl methyl sites for hydroxylation is 1. The number of β-amino-alcohol motifs (C(OH)–C–C–N with tert-alkyl or cyclic N) is 1. The number of hydrogen-bond acceptors (Lipinski definition) is 6. The van der Waals surface area contributed by atoms with Gasteiger partial charge in [0.25, 0.3) is 0 Å². The van der Waals surface area contributed by atoms with Crippen molar-refractivity contribution in [3.05, 3.63) is 41.0 Å².